The van der Waals surface area contributed by atoms with Gasteiger partial charge < -0.3 is 4.74 Å². The molecule has 1 aromatic heterocycles. The molecule has 0 saturated heterocycles. The van der Waals surface area contributed by atoms with Crippen molar-refractivity contribution in [3.63, 3.8) is 0 Å². The zero-order chi connectivity index (χ0) is 10.6. The van der Waals surface area contributed by atoms with Gasteiger partial charge in [0.1, 0.15) is 16.4 Å². The summed E-state index contributed by atoms with van der Waals surface area (Å²) >= 11 is 11.5. The van der Waals surface area contributed by atoms with Crippen LogP contribution in [0.25, 0.3) is 0 Å². The van der Waals surface area contributed by atoms with E-state index >= 15 is 0 Å². The minimum Gasteiger partial charge on any atom is -0.373 e. The van der Waals surface area contributed by atoms with Crippen LogP contribution in [0.3, 0.4) is 0 Å². The van der Waals surface area contributed by atoms with Crippen LogP contribution < -0.4 is 0 Å². The van der Waals surface area contributed by atoms with Gasteiger partial charge in [0.2, 0.25) is 0 Å². The highest BCUT2D eigenvalue weighted by Gasteiger charge is 2.13. The highest BCUT2D eigenvalue weighted by molar-refractivity contribution is 6.33. The molecule has 0 aliphatic rings. The van der Waals surface area contributed by atoms with Crippen LogP contribution in [-0.4, -0.2) is 17.1 Å². The van der Waals surface area contributed by atoms with Crippen molar-refractivity contribution >= 4 is 23.2 Å². The summed E-state index contributed by atoms with van der Waals surface area (Å²) < 4.78 is 5.24. The molecule has 0 amide bonds. The molecule has 0 fully saturated rings. The Bertz CT molecular complexity index is 287. The van der Waals surface area contributed by atoms with Gasteiger partial charge in [-0.25, -0.2) is 9.97 Å². The fourth-order valence-electron chi connectivity index (χ4n) is 1.17. The molecule has 1 aromatic rings. The number of methoxy groups -OCH3 is 1. The first kappa shape index (κ1) is 11.7. The number of ether oxygens (including phenoxy) is 1. The molecule has 1 rings (SSSR count). The van der Waals surface area contributed by atoms with Crippen molar-refractivity contribution in [2.45, 2.75) is 25.9 Å². The Balaban J connectivity index is 2.91. The van der Waals surface area contributed by atoms with Crippen molar-refractivity contribution in [1.29, 1.82) is 0 Å². The lowest BCUT2D eigenvalue weighted by molar-refractivity contribution is 0.0876. The summed E-state index contributed by atoms with van der Waals surface area (Å²) in [6, 6.07) is 1.51. The van der Waals surface area contributed by atoms with E-state index in [9.17, 15) is 0 Å². The zero-order valence-electron chi connectivity index (χ0n) is 8.13. The van der Waals surface area contributed by atoms with Gasteiger partial charge in [-0.3, -0.25) is 0 Å². The fraction of sp³-hybridized carbons (Fsp3) is 0.556. The topological polar surface area (TPSA) is 35.0 Å². The van der Waals surface area contributed by atoms with Crippen LogP contribution in [0.4, 0.5) is 0 Å². The Morgan fingerprint density at radius 3 is 2.36 bits per heavy atom. The summed E-state index contributed by atoms with van der Waals surface area (Å²) in [6.45, 7) is 2.07. The molecule has 1 heterocycles. The van der Waals surface area contributed by atoms with Crippen molar-refractivity contribution < 1.29 is 4.74 Å². The van der Waals surface area contributed by atoms with Crippen molar-refractivity contribution in [3.05, 3.63) is 22.2 Å². The molecule has 0 radical (unpaired) electrons. The molecule has 0 aromatic carbocycles. The summed E-state index contributed by atoms with van der Waals surface area (Å²) in [7, 11) is 1.62. The molecule has 0 saturated carbocycles. The lowest BCUT2D eigenvalue weighted by atomic mass is 10.2. The van der Waals surface area contributed by atoms with E-state index in [2.05, 4.69) is 16.9 Å². The van der Waals surface area contributed by atoms with E-state index in [1.54, 1.807) is 7.11 Å². The average Bonchev–Trinajstić information content (AvgIpc) is 2.12. The van der Waals surface area contributed by atoms with Crippen LogP contribution in [0.15, 0.2) is 6.07 Å². The number of hydrogen-bond donors (Lipinski definition) is 0. The first-order valence-electron chi connectivity index (χ1n) is 4.40. The van der Waals surface area contributed by atoms with Crippen LogP contribution in [-0.2, 0) is 4.74 Å². The van der Waals surface area contributed by atoms with E-state index < -0.39 is 0 Å². The van der Waals surface area contributed by atoms with Crippen molar-refractivity contribution in [1.82, 2.24) is 9.97 Å². The predicted octanol–water partition coefficient (Wildman–Crippen LogP) is 3.27. The van der Waals surface area contributed by atoms with E-state index in [1.807, 2.05) is 0 Å². The third-order valence-corrected chi connectivity index (χ3v) is 2.19. The quantitative estimate of drug-likeness (QED) is 0.751. The number of rotatable bonds is 4. The molecule has 0 spiro atoms. The van der Waals surface area contributed by atoms with Gasteiger partial charge in [-0.1, -0.05) is 36.5 Å². The van der Waals surface area contributed by atoms with Crippen LogP contribution in [0, 0.1) is 0 Å². The third-order valence-electron chi connectivity index (χ3n) is 1.80. The number of halogens is 2. The van der Waals surface area contributed by atoms with Gasteiger partial charge in [0.15, 0.2) is 5.82 Å². The normalized spacial score (nSPS) is 12.9. The molecule has 5 heteroatoms. The van der Waals surface area contributed by atoms with E-state index in [0.29, 0.717) is 16.1 Å². The molecule has 0 aliphatic carbocycles. The summed E-state index contributed by atoms with van der Waals surface area (Å²) in [5.74, 6) is 0.548. The molecular weight excluding hydrogens is 223 g/mol. The molecule has 0 N–H and O–H groups in total. The number of nitrogens with zero attached hydrogens (tertiary/aromatic N) is 2. The fourth-order valence-corrected chi connectivity index (χ4v) is 1.60. The second-order valence-corrected chi connectivity index (χ2v) is 3.66. The van der Waals surface area contributed by atoms with E-state index in [1.165, 1.54) is 6.07 Å². The molecule has 1 unspecified atom stereocenters. The van der Waals surface area contributed by atoms with Gasteiger partial charge in [-0.05, 0) is 6.42 Å². The van der Waals surface area contributed by atoms with Gasteiger partial charge in [0, 0.05) is 13.2 Å². The van der Waals surface area contributed by atoms with Crippen LogP contribution >= 0.6 is 23.2 Å². The Labute approximate surface area is 93.4 Å². The van der Waals surface area contributed by atoms with Gasteiger partial charge in [-0.15, -0.1) is 0 Å². The molecule has 78 valence electrons. The minimum atomic E-state index is -0.129. The molecule has 1 atom stereocenters. The second kappa shape index (κ2) is 5.49. The number of aromatic nitrogens is 2. The van der Waals surface area contributed by atoms with Crippen molar-refractivity contribution in [3.8, 4) is 0 Å². The Hall–Kier alpha value is -0.380. The van der Waals surface area contributed by atoms with Gasteiger partial charge in [0.25, 0.3) is 0 Å². The summed E-state index contributed by atoms with van der Waals surface area (Å²) in [5.41, 5.74) is 0. The van der Waals surface area contributed by atoms with E-state index in [-0.39, 0.29) is 6.10 Å². The molecule has 0 bridgehead atoms. The molecule has 0 aliphatic heterocycles. The maximum Gasteiger partial charge on any atom is 0.160 e. The van der Waals surface area contributed by atoms with Crippen LogP contribution in [0.5, 0.6) is 0 Å². The van der Waals surface area contributed by atoms with Crippen molar-refractivity contribution in [2.75, 3.05) is 7.11 Å². The smallest absolute Gasteiger partial charge is 0.160 e. The van der Waals surface area contributed by atoms with Gasteiger partial charge in [0.05, 0.1) is 0 Å². The molecule has 3 nitrogen and oxygen atoms in total. The first-order valence-corrected chi connectivity index (χ1v) is 5.15. The van der Waals surface area contributed by atoms with Gasteiger partial charge in [-0.2, -0.15) is 0 Å². The SMILES string of the molecule is CCCC(OC)c1nc(Cl)cc(Cl)n1. The summed E-state index contributed by atoms with van der Waals surface area (Å²) in [6.07, 6.45) is 1.72. The standard InChI is InChI=1S/C9H12Cl2N2O/c1-3-4-6(14-2)9-12-7(10)5-8(11)13-9/h5-6H,3-4H2,1-2H3. The molecular formula is C9H12Cl2N2O. The Morgan fingerprint density at radius 2 is 1.93 bits per heavy atom. The number of hydrogen-bond acceptors (Lipinski definition) is 3. The van der Waals surface area contributed by atoms with E-state index in [0.717, 1.165) is 12.8 Å². The zero-order valence-corrected chi connectivity index (χ0v) is 9.64. The highest BCUT2D eigenvalue weighted by atomic mass is 35.5. The van der Waals surface area contributed by atoms with Crippen LogP contribution in [0.2, 0.25) is 10.3 Å². The minimum absolute atomic E-state index is 0.129. The van der Waals surface area contributed by atoms with Gasteiger partial charge >= 0.3 is 0 Å². The van der Waals surface area contributed by atoms with Crippen molar-refractivity contribution in [2.24, 2.45) is 0 Å². The third kappa shape index (κ3) is 3.08. The lowest BCUT2D eigenvalue weighted by Crippen LogP contribution is -2.06. The second-order valence-electron chi connectivity index (χ2n) is 2.88. The largest absolute Gasteiger partial charge is 0.373 e. The highest BCUT2D eigenvalue weighted by Crippen LogP contribution is 2.21. The summed E-state index contributed by atoms with van der Waals surface area (Å²) in [5, 5.41) is 0.691. The Morgan fingerprint density at radius 1 is 1.36 bits per heavy atom. The molecule has 14 heavy (non-hydrogen) atoms. The summed E-state index contributed by atoms with van der Waals surface area (Å²) in [4.78, 5) is 8.14. The maximum atomic E-state index is 5.76. The lowest BCUT2D eigenvalue weighted by Gasteiger charge is -2.12. The average molecular weight is 235 g/mol. The Kier molecular flexibility index (Phi) is 4.58. The van der Waals surface area contributed by atoms with Crippen LogP contribution in [0.1, 0.15) is 31.7 Å². The first-order chi connectivity index (χ1) is 6.67. The van der Waals surface area contributed by atoms with E-state index in [4.69, 9.17) is 27.9 Å². The monoisotopic (exact) mass is 234 g/mol. The predicted molar refractivity (Wildman–Crippen MR) is 56.7 cm³/mol. The maximum absolute atomic E-state index is 5.76.